The van der Waals surface area contributed by atoms with Gasteiger partial charge in [0.15, 0.2) is 23.0 Å². The molecule has 30 heavy (non-hydrogen) atoms. The zero-order valence-electron chi connectivity index (χ0n) is 17.6. The Labute approximate surface area is 174 Å². The van der Waals surface area contributed by atoms with Crippen LogP contribution in [0.15, 0.2) is 36.5 Å². The van der Waals surface area contributed by atoms with Gasteiger partial charge in [0.05, 0.1) is 47.8 Å². The summed E-state index contributed by atoms with van der Waals surface area (Å²) < 4.78 is 26.7. The maximum atomic E-state index is 12.8. The third kappa shape index (κ3) is 4.03. The molecular weight excluding hydrogens is 388 g/mol. The quantitative estimate of drug-likeness (QED) is 0.608. The van der Waals surface area contributed by atoms with E-state index in [1.165, 1.54) is 21.3 Å². The van der Waals surface area contributed by atoms with Crippen molar-refractivity contribution in [3.05, 3.63) is 47.8 Å². The van der Waals surface area contributed by atoms with Crippen LogP contribution in [0, 0.1) is 0 Å². The minimum atomic E-state index is -0.298. The maximum absolute atomic E-state index is 12.8. The van der Waals surface area contributed by atoms with Crippen LogP contribution in [0.3, 0.4) is 0 Å². The van der Waals surface area contributed by atoms with Gasteiger partial charge in [0, 0.05) is 17.1 Å². The van der Waals surface area contributed by atoms with E-state index in [4.69, 9.17) is 23.7 Å². The number of hydrogen-bond donors (Lipinski definition) is 1. The lowest BCUT2D eigenvalue weighted by molar-refractivity contribution is 0.0949. The Bertz CT molecular complexity index is 1040. The van der Waals surface area contributed by atoms with Crippen LogP contribution < -0.4 is 29.0 Å². The summed E-state index contributed by atoms with van der Waals surface area (Å²) in [4.78, 5) is 17.2. The normalized spacial score (nSPS) is 10.4. The van der Waals surface area contributed by atoms with Crippen LogP contribution in [0.2, 0.25) is 0 Å². The molecule has 1 N–H and O–H groups in total. The van der Waals surface area contributed by atoms with Gasteiger partial charge in [-0.2, -0.15) is 0 Å². The molecule has 0 saturated heterocycles. The van der Waals surface area contributed by atoms with Gasteiger partial charge < -0.3 is 29.0 Å². The molecule has 1 aromatic heterocycles. The van der Waals surface area contributed by atoms with E-state index >= 15 is 0 Å². The summed E-state index contributed by atoms with van der Waals surface area (Å²) in [5.41, 5.74) is 1.08. The Morgan fingerprint density at radius 3 is 2.00 bits per heavy atom. The van der Waals surface area contributed by atoms with Crippen LogP contribution in [0.4, 0.5) is 0 Å². The van der Waals surface area contributed by atoms with Crippen molar-refractivity contribution in [2.75, 3.05) is 35.5 Å². The second-order valence-electron chi connectivity index (χ2n) is 6.28. The zero-order chi connectivity index (χ0) is 21.7. The molecule has 0 bridgehead atoms. The van der Waals surface area contributed by atoms with Gasteiger partial charge in [0.25, 0.3) is 5.91 Å². The molecule has 158 valence electrons. The number of methoxy groups -OCH3 is 5. The average Bonchev–Trinajstić information content (AvgIpc) is 2.80. The van der Waals surface area contributed by atoms with E-state index < -0.39 is 0 Å². The van der Waals surface area contributed by atoms with Crippen molar-refractivity contribution in [2.24, 2.45) is 0 Å². The summed E-state index contributed by atoms with van der Waals surface area (Å²) >= 11 is 0. The van der Waals surface area contributed by atoms with Gasteiger partial charge in [0.2, 0.25) is 5.75 Å². The highest BCUT2D eigenvalue weighted by Crippen LogP contribution is 2.38. The largest absolute Gasteiger partial charge is 0.493 e. The number of benzene rings is 2. The Morgan fingerprint density at radius 1 is 0.833 bits per heavy atom. The van der Waals surface area contributed by atoms with E-state index in [9.17, 15) is 4.79 Å². The predicted molar refractivity (Wildman–Crippen MR) is 112 cm³/mol. The Morgan fingerprint density at radius 2 is 1.43 bits per heavy atom. The summed E-state index contributed by atoms with van der Waals surface area (Å²) in [7, 11) is 7.67. The minimum absolute atomic E-state index is 0.225. The number of nitrogens with zero attached hydrogens (tertiary/aromatic N) is 1. The smallest absolute Gasteiger partial charge is 0.251 e. The fourth-order valence-electron chi connectivity index (χ4n) is 3.18. The zero-order valence-corrected chi connectivity index (χ0v) is 17.6. The van der Waals surface area contributed by atoms with Crippen LogP contribution >= 0.6 is 0 Å². The summed E-state index contributed by atoms with van der Waals surface area (Å²) in [6.45, 7) is 0.225. The Kier molecular flexibility index (Phi) is 6.46. The third-order valence-corrected chi connectivity index (χ3v) is 4.69. The Hall–Kier alpha value is -3.68. The highest BCUT2D eigenvalue weighted by Gasteiger charge is 2.17. The second kappa shape index (κ2) is 9.21. The van der Waals surface area contributed by atoms with Gasteiger partial charge in [-0.3, -0.25) is 9.78 Å². The van der Waals surface area contributed by atoms with Crippen molar-refractivity contribution < 1.29 is 28.5 Å². The van der Waals surface area contributed by atoms with Gasteiger partial charge in [-0.05, 0) is 35.7 Å². The topological polar surface area (TPSA) is 88.1 Å². The summed E-state index contributed by atoms with van der Waals surface area (Å²) in [5.74, 6) is 2.16. The van der Waals surface area contributed by atoms with Crippen LogP contribution in [0.5, 0.6) is 28.7 Å². The number of aromatic nitrogens is 1. The number of ether oxygens (including phenoxy) is 5. The highest BCUT2D eigenvalue weighted by atomic mass is 16.5. The maximum Gasteiger partial charge on any atom is 0.251 e. The summed E-state index contributed by atoms with van der Waals surface area (Å²) in [5, 5.41) is 4.68. The first-order chi connectivity index (χ1) is 14.6. The lowest BCUT2D eigenvalue weighted by Gasteiger charge is -2.14. The number of fused-ring (bicyclic) bond motifs is 1. The number of carbonyl (C=O) groups excluding carboxylic acids is 1. The van der Waals surface area contributed by atoms with Crippen molar-refractivity contribution in [3.8, 4) is 28.7 Å². The fraction of sp³-hybridized carbons (Fsp3) is 0.273. The summed E-state index contributed by atoms with van der Waals surface area (Å²) in [6.07, 6.45) is 1.69. The number of amides is 1. The SMILES string of the molecule is COc1cc2ccnc(CNC(=O)c3cc(OC)c(OC)c(OC)c3)c2cc1OC. The molecule has 0 unspecified atom stereocenters. The molecule has 0 aliphatic heterocycles. The lowest BCUT2D eigenvalue weighted by atomic mass is 10.1. The third-order valence-electron chi connectivity index (χ3n) is 4.69. The van der Waals surface area contributed by atoms with Crippen molar-refractivity contribution in [3.63, 3.8) is 0 Å². The molecule has 0 atom stereocenters. The molecule has 0 radical (unpaired) electrons. The van der Waals surface area contributed by atoms with Gasteiger partial charge in [-0.25, -0.2) is 0 Å². The van der Waals surface area contributed by atoms with Crippen molar-refractivity contribution in [2.45, 2.75) is 6.54 Å². The van der Waals surface area contributed by atoms with Gasteiger partial charge in [0.1, 0.15) is 0 Å². The van der Waals surface area contributed by atoms with E-state index in [0.29, 0.717) is 40.0 Å². The van der Waals surface area contributed by atoms with Crippen LogP contribution in [0.1, 0.15) is 16.1 Å². The number of nitrogens with one attached hydrogen (secondary N) is 1. The predicted octanol–water partition coefficient (Wildman–Crippen LogP) is 3.21. The van der Waals surface area contributed by atoms with Gasteiger partial charge in [-0.1, -0.05) is 0 Å². The van der Waals surface area contributed by atoms with E-state index in [2.05, 4.69) is 10.3 Å². The van der Waals surface area contributed by atoms with Crippen LogP contribution in [0.25, 0.3) is 10.8 Å². The van der Waals surface area contributed by atoms with Gasteiger partial charge in [-0.15, -0.1) is 0 Å². The number of hydrogen-bond acceptors (Lipinski definition) is 7. The van der Waals surface area contributed by atoms with Crippen molar-refractivity contribution in [1.82, 2.24) is 10.3 Å². The molecule has 1 amide bonds. The lowest BCUT2D eigenvalue weighted by Crippen LogP contribution is -2.23. The summed E-state index contributed by atoms with van der Waals surface area (Å²) in [6, 6.07) is 8.80. The molecule has 2 aromatic carbocycles. The molecule has 0 aliphatic carbocycles. The highest BCUT2D eigenvalue weighted by molar-refractivity contribution is 5.96. The number of carbonyl (C=O) groups is 1. The monoisotopic (exact) mass is 412 g/mol. The van der Waals surface area contributed by atoms with Crippen LogP contribution in [-0.4, -0.2) is 46.4 Å². The minimum Gasteiger partial charge on any atom is -0.493 e. The molecule has 8 heteroatoms. The molecule has 3 rings (SSSR count). The Balaban J connectivity index is 1.88. The van der Waals surface area contributed by atoms with Gasteiger partial charge >= 0.3 is 0 Å². The standard InChI is InChI=1S/C22H24N2O6/c1-26-17-8-13-6-7-23-16(15(13)11-18(17)27-2)12-24-22(25)14-9-19(28-3)21(30-5)20(10-14)29-4/h6-11H,12H2,1-5H3,(H,24,25). The van der Waals surface area contributed by atoms with Crippen LogP contribution in [-0.2, 0) is 6.54 Å². The molecule has 0 fully saturated rings. The molecule has 8 nitrogen and oxygen atoms in total. The molecule has 3 aromatic rings. The molecule has 0 spiro atoms. The fourth-order valence-corrected chi connectivity index (χ4v) is 3.18. The van der Waals surface area contributed by atoms with E-state index in [-0.39, 0.29) is 12.5 Å². The van der Waals surface area contributed by atoms with E-state index in [1.807, 2.05) is 18.2 Å². The van der Waals surface area contributed by atoms with Crippen molar-refractivity contribution in [1.29, 1.82) is 0 Å². The number of rotatable bonds is 8. The molecule has 0 aliphatic rings. The van der Waals surface area contributed by atoms with E-state index in [0.717, 1.165) is 10.8 Å². The first-order valence-corrected chi connectivity index (χ1v) is 9.14. The van der Waals surface area contributed by atoms with E-state index in [1.54, 1.807) is 32.5 Å². The first kappa shape index (κ1) is 21.0. The first-order valence-electron chi connectivity index (χ1n) is 9.14. The molecule has 0 saturated carbocycles. The number of pyridine rings is 1. The average molecular weight is 412 g/mol. The van der Waals surface area contributed by atoms with Crippen molar-refractivity contribution >= 4 is 16.7 Å². The molecule has 1 heterocycles. The molecular formula is C22H24N2O6. The second-order valence-corrected chi connectivity index (χ2v) is 6.28.